The Kier molecular flexibility index (Phi) is 6.38. The zero-order valence-electron chi connectivity index (χ0n) is 11.6. The lowest BCUT2D eigenvalue weighted by Gasteiger charge is -2.14. The van der Waals surface area contributed by atoms with E-state index in [-0.39, 0.29) is 28.2 Å². The standard InChI is InChI=1S/C14H19NO4S/c1-3-10(4-2)15-13(16)9-20(19)12-8-6-5-7-11(12)14(17)18/h5-8,10H,3-4,9H2,1-2H3,(H,15,16)(H,17,18). The van der Waals surface area contributed by atoms with E-state index in [0.29, 0.717) is 0 Å². The van der Waals surface area contributed by atoms with E-state index in [2.05, 4.69) is 5.32 Å². The lowest BCUT2D eigenvalue weighted by Crippen LogP contribution is -2.36. The summed E-state index contributed by atoms with van der Waals surface area (Å²) in [6.45, 7) is 3.93. The van der Waals surface area contributed by atoms with Crippen molar-refractivity contribution in [2.24, 2.45) is 0 Å². The third-order valence-electron chi connectivity index (χ3n) is 2.98. The molecular weight excluding hydrogens is 278 g/mol. The van der Waals surface area contributed by atoms with Crippen molar-refractivity contribution in [2.75, 3.05) is 5.75 Å². The van der Waals surface area contributed by atoms with Crippen LogP contribution >= 0.6 is 0 Å². The van der Waals surface area contributed by atoms with E-state index in [0.717, 1.165) is 12.8 Å². The molecule has 1 amide bonds. The number of hydrogen-bond acceptors (Lipinski definition) is 3. The predicted molar refractivity (Wildman–Crippen MR) is 77.2 cm³/mol. The summed E-state index contributed by atoms with van der Waals surface area (Å²) in [6, 6.07) is 6.10. The quantitative estimate of drug-likeness (QED) is 0.804. The van der Waals surface area contributed by atoms with Crippen LogP contribution in [0.1, 0.15) is 37.0 Å². The van der Waals surface area contributed by atoms with Crippen LogP contribution in [0.3, 0.4) is 0 Å². The molecule has 0 fully saturated rings. The van der Waals surface area contributed by atoms with Crippen LogP contribution in [-0.4, -0.2) is 33.0 Å². The van der Waals surface area contributed by atoms with Gasteiger partial charge in [0.1, 0.15) is 5.75 Å². The molecule has 0 saturated carbocycles. The number of amides is 1. The smallest absolute Gasteiger partial charge is 0.336 e. The van der Waals surface area contributed by atoms with E-state index in [9.17, 15) is 13.8 Å². The summed E-state index contributed by atoms with van der Waals surface area (Å²) in [5.74, 6) is -1.69. The molecule has 0 spiro atoms. The summed E-state index contributed by atoms with van der Waals surface area (Å²) in [4.78, 5) is 23.0. The van der Waals surface area contributed by atoms with Crippen molar-refractivity contribution in [3.63, 3.8) is 0 Å². The van der Waals surface area contributed by atoms with E-state index in [1.54, 1.807) is 12.1 Å². The summed E-state index contributed by atoms with van der Waals surface area (Å²) in [5.41, 5.74) is -0.0267. The summed E-state index contributed by atoms with van der Waals surface area (Å²) in [7, 11) is -1.66. The maximum absolute atomic E-state index is 12.1. The van der Waals surface area contributed by atoms with Crippen molar-refractivity contribution in [1.82, 2.24) is 5.32 Å². The maximum atomic E-state index is 12.1. The predicted octanol–water partition coefficient (Wildman–Crippen LogP) is 1.80. The number of hydrogen-bond donors (Lipinski definition) is 2. The third-order valence-corrected chi connectivity index (χ3v) is 4.35. The van der Waals surface area contributed by atoms with Gasteiger partial charge in [0.05, 0.1) is 21.3 Å². The first-order valence-corrected chi connectivity index (χ1v) is 7.81. The highest BCUT2D eigenvalue weighted by atomic mass is 32.2. The van der Waals surface area contributed by atoms with Crippen molar-refractivity contribution >= 4 is 22.7 Å². The van der Waals surface area contributed by atoms with Gasteiger partial charge < -0.3 is 10.4 Å². The molecule has 1 atom stereocenters. The number of nitrogens with one attached hydrogen (secondary N) is 1. The Morgan fingerprint density at radius 1 is 1.25 bits per heavy atom. The number of carbonyl (C=O) groups excluding carboxylic acids is 1. The molecule has 5 nitrogen and oxygen atoms in total. The summed E-state index contributed by atoms with van der Waals surface area (Å²) in [5, 5.41) is 11.8. The topological polar surface area (TPSA) is 83.5 Å². The number of aromatic carboxylic acids is 1. The molecule has 1 aromatic carbocycles. The average molecular weight is 297 g/mol. The Labute approximate surface area is 120 Å². The fourth-order valence-corrected chi connectivity index (χ4v) is 2.91. The first-order chi connectivity index (χ1) is 9.49. The molecule has 6 heteroatoms. The van der Waals surface area contributed by atoms with Crippen molar-refractivity contribution in [2.45, 2.75) is 37.6 Å². The Balaban J connectivity index is 2.77. The van der Waals surface area contributed by atoms with Gasteiger partial charge in [-0.25, -0.2) is 4.79 Å². The van der Waals surface area contributed by atoms with E-state index in [1.165, 1.54) is 12.1 Å². The van der Waals surface area contributed by atoms with Crippen LogP contribution in [0.15, 0.2) is 29.2 Å². The Hall–Kier alpha value is -1.69. The molecule has 0 aliphatic rings. The minimum absolute atomic E-state index is 0.0267. The van der Waals surface area contributed by atoms with Gasteiger partial charge in [-0.05, 0) is 25.0 Å². The van der Waals surface area contributed by atoms with Gasteiger partial charge in [-0.15, -0.1) is 0 Å². The fourth-order valence-electron chi connectivity index (χ4n) is 1.80. The van der Waals surface area contributed by atoms with E-state index < -0.39 is 16.8 Å². The molecule has 0 bridgehead atoms. The molecule has 1 aromatic rings. The fraction of sp³-hybridized carbons (Fsp3) is 0.429. The van der Waals surface area contributed by atoms with Crippen molar-refractivity contribution in [3.05, 3.63) is 29.8 Å². The lowest BCUT2D eigenvalue weighted by molar-refractivity contribution is -0.119. The molecule has 0 aliphatic heterocycles. The van der Waals surface area contributed by atoms with Crippen LogP contribution < -0.4 is 5.32 Å². The van der Waals surface area contributed by atoms with E-state index >= 15 is 0 Å². The van der Waals surface area contributed by atoms with Gasteiger partial charge in [0.2, 0.25) is 5.91 Å². The zero-order chi connectivity index (χ0) is 15.1. The summed E-state index contributed by atoms with van der Waals surface area (Å²) in [6.07, 6.45) is 1.61. The van der Waals surface area contributed by atoms with E-state index in [1.807, 2.05) is 13.8 Å². The first kappa shape index (κ1) is 16.4. The third kappa shape index (κ3) is 4.45. The second-order valence-corrected chi connectivity index (χ2v) is 5.79. The molecule has 1 rings (SSSR count). The largest absolute Gasteiger partial charge is 0.478 e. The number of rotatable bonds is 7. The molecule has 0 heterocycles. The highest BCUT2D eigenvalue weighted by Gasteiger charge is 2.18. The Morgan fingerprint density at radius 2 is 1.85 bits per heavy atom. The molecule has 110 valence electrons. The molecular formula is C14H19NO4S. The minimum Gasteiger partial charge on any atom is -0.478 e. The average Bonchev–Trinajstić information content (AvgIpc) is 2.44. The van der Waals surface area contributed by atoms with Crippen LogP contribution in [0.4, 0.5) is 0 Å². The molecule has 1 unspecified atom stereocenters. The normalized spacial score (nSPS) is 12.2. The van der Waals surface area contributed by atoms with E-state index in [4.69, 9.17) is 5.11 Å². The van der Waals surface area contributed by atoms with Gasteiger partial charge in [-0.1, -0.05) is 26.0 Å². The zero-order valence-corrected chi connectivity index (χ0v) is 12.4. The van der Waals surface area contributed by atoms with Gasteiger partial charge in [-0.2, -0.15) is 0 Å². The maximum Gasteiger partial charge on any atom is 0.336 e. The van der Waals surface area contributed by atoms with Crippen LogP contribution in [0.25, 0.3) is 0 Å². The summed E-state index contributed by atoms with van der Waals surface area (Å²) >= 11 is 0. The molecule has 20 heavy (non-hydrogen) atoms. The highest BCUT2D eigenvalue weighted by molar-refractivity contribution is 7.85. The molecule has 0 aliphatic carbocycles. The Morgan fingerprint density at radius 3 is 2.40 bits per heavy atom. The SMILES string of the molecule is CCC(CC)NC(=O)CS(=O)c1ccccc1C(=O)O. The van der Waals surface area contributed by atoms with Gasteiger partial charge in [-0.3, -0.25) is 9.00 Å². The minimum atomic E-state index is -1.66. The lowest BCUT2D eigenvalue weighted by atomic mass is 10.2. The van der Waals surface area contributed by atoms with Gasteiger partial charge in [0.25, 0.3) is 0 Å². The number of carboxylic acids is 1. The van der Waals surface area contributed by atoms with Crippen molar-refractivity contribution < 1.29 is 18.9 Å². The molecule has 0 saturated heterocycles. The second kappa shape index (κ2) is 7.79. The van der Waals surface area contributed by atoms with Crippen LogP contribution in [-0.2, 0) is 15.6 Å². The molecule has 2 N–H and O–H groups in total. The number of carboxylic acid groups (broad SMARTS) is 1. The highest BCUT2D eigenvalue weighted by Crippen LogP contribution is 2.14. The van der Waals surface area contributed by atoms with Crippen LogP contribution in [0, 0.1) is 0 Å². The number of benzene rings is 1. The van der Waals surface area contributed by atoms with Gasteiger partial charge >= 0.3 is 5.97 Å². The van der Waals surface area contributed by atoms with Crippen LogP contribution in [0.2, 0.25) is 0 Å². The summed E-state index contributed by atoms with van der Waals surface area (Å²) < 4.78 is 12.1. The van der Waals surface area contributed by atoms with Crippen molar-refractivity contribution in [3.8, 4) is 0 Å². The van der Waals surface area contributed by atoms with Crippen molar-refractivity contribution in [1.29, 1.82) is 0 Å². The molecule has 0 aromatic heterocycles. The van der Waals surface area contributed by atoms with Crippen LogP contribution in [0.5, 0.6) is 0 Å². The Bertz CT molecular complexity index is 512. The van der Waals surface area contributed by atoms with Gasteiger partial charge in [0, 0.05) is 6.04 Å². The van der Waals surface area contributed by atoms with Gasteiger partial charge in [0.15, 0.2) is 0 Å². The number of carbonyl (C=O) groups is 2. The molecule has 0 radical (unpaired) electrons. The monoisotopic (exact) mass is 297 g/mol. The first-order valence-electron chi connectivity index (χ1n) is 6.49. The second-order valence-electron chi connectivity index (χ2n) is 4.37.